The van der Waals surface area contributed by atoms with Crippen LogP contribution in [0.3, 0.4) is 0 Å². The van der Waals surface area contributed by atoms with Crippen molar-refractivity contribution in [1.82, 2.24) is 15.1 Å². The van der Waals surface area contributed by atoms with Crippen LogP contribution in [0.15, 0.2) is 36.9 Å². The third kappa shape index (κ3) is 5.60. The lowest BCUT2D eigenvalue weighted by molar-refractivity contribution is -0.146. The van der Waals surface area contributed by atoms with Crippen LogP contribution in [0.4, 0.5) is 4.79 Å². The van der Waals surface area contributed by atoms with Crippen LogP contribution in [-0.2, 0) is 20.7 Å². The molecule has 8 nitrogen and oxygen atoms in total. The van der Waals surface area contributed by atoms with E-state index in [4.69, 9.17) is 11.2 Å². The normalized spacial score (nSPS) is 21.0. The maximum Gasteiger partial charge on any atom is 0.408 e. The van der Waals surface area contributed by atoms with Crippen LogP contribution in [-0.4, -0.2) is 70.7 Å². The minimum Gasteiger partial charge on any atom is -0.465 e. The molecule has 2 N–H and O–H groups in total. The highest BCUT2D eigenvalue weighted by molar-refractivity contribution is 5.92. The van der Waals surface area contributed by atoms with Gasteiger partial charge in [0.25, 0.3) is 0 Å². The van der Waals surface area contributed by atoms with Crippen molar-refractivity contribution >= 4 is 17.9 Å². The number of carbonyl (C=O) groups is 3. The number of hydrogen-bond donors (Lipinski definition) is 2. The summed E-state index contributed by atoms with van der Waals surface area (Å²) in [6.07, 6.45) is 8.62. The molecule has 182 valence electrons. The van der Waals surface area contributed by atoms with Gasteiger partial charge in [-0.05, 0) is 50.2 Å². The third-order valence-electron chi connectivity index (χ3n) is 6.56. The smallest absolute Gasteiger partial charge is 0.408 e. The number of ether oxygens (including phenoxy) is 1. The van der Waals surface area contributed by atoms with Crippen molar-refractivity contribution in [3.63, 3.8) is 0 Å². The fourth-order valence-corrected chi connectivity index (χ4v) is 4.95. The lowest BCUT2D eigenvalue weighted by atomic mass is 9.87. The fourth-order valence-electron chi connectivity index (χ4n) is 4.95. The first-order valence-electron chi connectivity index (χ1n) is 11.7. The van der Waals surface area contributed by atoms with Gasteiger partial charge in [-0.1, -0.05) is 36.3 Å². The van der Waals surface area contributed by atoms with Gasteiger partial charge < -0.3 is 20.1 Å². The number of rotatable bonds is 9. The molecular weight excluding hydrogens is 434 g/mol. The Morgan fingerprint density at radius 1 is 1.35 bits per heavy atom. The molecule has 8 heteroatoms. The summed E-state index contributed by atoms with van der Waals surface area (Å²) in [5.41, 5.74) is 2.36. The zero-order valence-corrected chi connectivity index (χ0v) is 19.6. The summed E-state index contributed by atoms with van der Waals surface area (Å²) in [6, 6.07) is 6.19. The molecule has 2 aliphatic rings. The predicted molar refractivity (Wildman–Crippen MR) is 128 cm³/mol. The van der Waals surface area contributed by atoms with E-state index in [1.54, 1.807) is 6.92 Å². The summed E-state index contributed by atoms with van der Waals surface area (Å²) in [6.45, 7) is 5.48. The first-order valence-corrected chi connectivity index (χ1v) is 11.7. The summed E-state index contributed by atoms with van der Waals surface area (Å²) in [7, 11) is 0. The Kier molecular flexibility index (Phi) is 8.72. The van der Waals surface area contributed by atoms with Crippen LogP contribution in [0.5, 0.6) is 0 Å². The Bertz CT molecular complexity index is 956. The number of terminal acetylenes is 1. The van der Waals surface area contributed by atoms with Gasteiger partial charge in [-0.3, -0.25) is 14.5 Å². The highest BCUT2D eigenvalue weighted by Crippen LogP contribution is 2.30. The summed E-state index contributed by atoms with van der Waals surface area (Å²) in [5.74, 6) is 1.67. The van der Waals surface area contributed by atoms with Gasteiger partial charge in [-0.2, -0.15) is 0 Å². The number of amides is 3. The molecule has 0 saturated carbocycles. The Labute approximate surface area is 200 Å². The Balaban J connectivity index is 1.80. The number of likely N-dealkylation sites (tertiary alicyclic amines) is 1. The second-order valence-corrected chi connectivity index (χ2v) is 8.73. The van der Waals surface area contributed by atoms with E-state index >= 15 is 0 Å². The molecule has 0 aromatic heterocycles. The molecule has 1 aliphatic carbocycles. The highest BCUT2D eigenvalue weighted by Gasteiger charge is 2.43. The molecule has 1 heterocycles. The van der Waals surface area contributed by atoms with Gasteiger partial charge in [0.1, 0.15) is 18.7 Å². The monoisotopic (exact) mass is 467 g/mol. The average molecular weight is 468 g/mol. The molecule has 1 fully saturated rings. The molecule has 0 unspecified atom stereocenters. The standard InChI is InChI=1S/C26H33N3O5/c1-4-15-29(26(32)33)23(18(3)34-17-5-2)25(31)28-16-9-14-22(28)24(30)27-21-13-8-11-19-10-6-7-12-20(19)21/h2,4,6-7,10,12,18,21-23H,1,8-9,11,13-17H2,3H3,(H,27,30)(H,32,33)/t18-,21-,22+,23+/m1/s1. The number of nitrogens with zero attached hydrogens (tertiary/aromatic N) is 2. The quantitative estimate of drug-likeness (QED) is 0.430. The molecule has 1 aliphatic heterocycles. The predicted octanol–water partition coefficient (Wildman–Crippen LogP) is 2.74. The number of hydrogen-bond acceptors (Lipinski definition) is 4. The van der Waals surface area contributed by atoms with Crippen molar-refractivity contribution in [3.8, 4) is 12.3 Å². The van der Waals surface area contributed by atoms with Gasteiger partial charge in [0, 0.05) is 13.1 Å². The number of nitrogens with one attached hydrogen (secondary N) is 1. The van der Waals surface area contributed by atoms with Crippen LogP contribution >= 0.6 is 0 Å². The zero-order valence-electron chi connectivity index (χ0n) is 19.6. The molecule has 3 amide bonds. The molecule has 1 saturated heterocycles. The Morgan fingerprint density at radius 3 is 2.82 bits per heavy atom. The maximum absolute atomic E-state index is 13.7. The van der Waals surface area contributed by atoms with Crippen molar-refractivity contribution in [2.24, 2.45) is 0 Å². The minimum atomic E-state index is -1.27. The van der Waals surface area contributed by atoms with E-state index < -0.39 is 30.2 Å². The van der Waals surface area contributed by atoms with Crippen LogP contribution in [0.25, 0.3) is 0 Å². The molecule has 0 bridgehead atoms. The topological polar surface area (TPSA) is 99.2 Å². The maximum atomic E-state index is 13.7. The summed E-state index contributed by atoms with van der Waals surface area (Å²) < 4.78 is 5.54. The van der Waals surface area contributed by atoms with Gasteiger partial charge >= 0.3 is 6.09 Å². The molecular formula is C26H33N3O5. The van der Waals surface area contributed by atoms with Crippen LogP contribution in [0.2, 0.25) is 0 Å². The van der Waals surface area contributed by atoms with Gasteiger partial charge in [0.2, 0.25) is 11.8 Å². The van der Waals surface area contributed by atoms with E-state index in [9.17, 15) is 19.5 Å². The van der Waals surface area contributed by atoms with Crippen molar-refractivity contribution in [2.75, 3.05) is 19.7 Å². The van der Waals surface area contributed by atoms with Gasteiger partial charge in [0.05, 0.1) is 12.1 Å². The second-order valence-electron chi connectivity index (χ2n) is 8.73. The van der Waals surface area contributed by atoms with E-state index in [0.717, 1.165) is 29.7 Å². The van der Waals surface area contributed by atoms with Gasteiger partial charge in [-0.15, -0.1) is 13.0 Å². The molecule has 0 radical (unpaired) electrons. The lowest BCUT2D eigenvalue weighted by Gasteiger charge is -2.36. The number of benzene rings is 1. The van der Waals surface area contributed by atoms with Crippen LogP contribution in [0.1, 0.15) is 49.8 Å². The highest BCUT2D eigenvalue weighted by atomic mass is 16.5. The number of fused-ring (bicyclic) bond motifs is 1. The van der Waals surface area contributed by atoms with E-state index in [1.165, 1.54) is 16.5 Å². The summed E-state index contributed by atoms with van der Waals surface area (Å²) >= 11 is 0. The molecule has 3 rings (SSSR count). The van der Waals surface area contributed by atoms with Crippen molar-refractivity contribution in [1.29, 1.82) is 0 Å². The first kappa shape index (κ1) is 25.3. The molecule has 1 aromatic carbocycles. The van der Waals surface area contributed by atoms with Crippen molar-refractivity contribution in [2.45, 2.75) is 63.3 Å². The number of carboxylic acid groups (broad SMARTS) is 1. The average Bonchev–Trinajstić information content (AvgIpc) is 3.32. The Morgan fingerprint density at radius 2 is 2.12 bits per heavy atom. The molecule has 0 spiro atoms. The van der Waals surface area contributed by atoms with E-state index in [0.29, 0.717) is 19.4 Å². The lowest BCUT2D eigenvalue weighted by Crippen LogP contribution is -2.58. The minimum absolute atomic E-state index is 0.0565. The number of aryl methyl sites for hydroxylation is 1. The molecule has 4 atom stereocenters. The van der Waals surface area contributed by atoms with Crippen LogP contribution < -0.4 is 5.32 Å². The second kappa shape index (κ2) is 11.7. The third-order valence-corrected chi connectivity index (χ3v) is 6.56. The molecule has 34 heavy (non-hydrogen) atoms. The van der Waals surface area contributed by atoms with Gasteiger partial charge in [-0.25, -0.2) is 4.79 Å². The molecule has 1 aromatic rings. The largest absolute Gasteiger partial charge is 0.465 e. The first-order chi connectivity index (χ1) is 16.4. The van der Waals surface area contributed by atoms with Crippen LogP contribution in [0, 0.1) is 12.3 Å². The number of carbonyl (C=O) groups excluding carboxylic acids is 2. The van der Waals surface area contributed by atoms with Crippen molar-refractivity contribution < 1.29 is 24.2 Å². The van der Waals surface area contributed by atoms with Crippen molar-refractivity contribution in [3.05, 3.63) is 48.0 Å². The van der Waals surface area contributed by atoms with E-state index in [1.807, 2.05) is 18.2 Å². The van der Waals surface area contributed by atoms with Gasteiger partial charge in [0.15, 0.2) is 0 Å². The zero-order chi connectivity index (χ0) is 24.7. The SMILES string of the molecule is C#CCO[C@H](C)[C@@H](C(=O)N1CCC[C@H]1C(=O)N[C@@H]1CCCc2ccccc21)N(CC=C)C(=O)O. The Hall–Kier alpha value is -3.31. The fraction of sp³-hybridized carbons (Fsp3) is 0.500. The van der Waals surface area contributed by atoms with E-state index in [2.05, 4.69) is 23.9 Å². The van der Waals surface area contributed by atoms with E-state index in [-0.39, 0.29) is 25.1 Å². The summed E-state index contributed by atoms with van der Waals surface area (Å²) in [4.78, 5) is 41.4. The summed E-state index contributed by atoms with van der Waals surface area (Å²) in [5, 5.41) is 12.9.